The van der Waals surface area contributed by atoms with Crippen molar-refractivity contribution in [1.82, 2.24) is 0 Å². The van der Waals surface area contributed by atoms with Crippen molar-refractivity contribution in [2.45, 2.75) is 13.8 Å². The molecule has 0 amide bonds. The molecule has 0 spiro atoms. The van der Waals surface area contributed by atoms with Gasteiger partial charge in [0.1, 0.15) is 0 Å². The highest BCUT2D eigenvalue weighted by atomic mass is 14.7. The molecule has 0 radical (unpaired) electrons. The molecular formula is C4H10N2. The molecule has 36 valence electrons. The molecule has 0 aromatic rings. The van der Waals surface area contributed by atoms with Gasteiger partial charge in [-0.15, -0.1) is 0 Å². The van der Waals surface area contributed by atoms with Crippen LogP contribution in [-0.4, -0.2) is 0 Å². The Balaban J connectivity index is 3.68. The van der Waals surface area contributed by atoms with Gasteiger partial charge in [-0.1, -0.05) is 0 Å². The normalized spacial score (nSPS) is 13.7. The third-order valence-electron chi connectivity index (χ3n) is 0.622. The summed E-state index contributed by atoms with van der Waals surface area (Å²) >= 11 is 0. The first kappa shape index (κ1) is 5.34. The molecule has 6 heavy (non-hydrogen) atoms. The van der Waals surface area contributed by atoms with Crippen LogP contribution in [0.5, 0.6) is 0 Å². The van der Waals surface area contributed by atoms with E-state index in [0.717, 1.165) is 0 Å². The van der Waals surface area contributed by atoms with Crippen LogP contribution in [0.4, 0.5) is 0 Å². The fourth-order valence-corrected chi connectivity index (χ4v) is 0. The summed E-state index contributed by atoms with van der Waals surface area (Å²) in [4.78, 5) is 0. The Labute approximate surface area is 37.8 Å². The molecular weight excluding hydrogens is 76.1 g/mol. The van der Waals surface area contributed by atoms with Crippen LogP contribution in [0, 0.1) is 0 Å². The maximum atomic E-state index is 5.19. The van der Waals surface area contributed by atoms with Crippen molar-refractivity contribution >= 4 is 0 Å². The third-order valence-corrected chi connectivity index (χ3v) is 0.622. The van der Waals surface area contributed by atoms with Crippen molar-refractivity contribution in [3.63, 3.8) is 0 Å². The van der Waals surface area contributed by atoms with Gasteiger partial charge < -0.3 is 11.5 Å². The molecule has 0 fully saturated rings. The maximum absolute atomic E-state index is 5.19. The molecule has 4 N–H and O–H groups in total. The van der Waals surface area contributed by atoms with Crippen LogP contribution < -0.4 is 11.5 Å². The maximum Gasteiger partial charge on any atom is 0.0237 e. The summed E-state index contributed by atoms with van der Waals surface area (Å²) in [5.74, 6) is 0. The molecule has 0 saturated heterocycles. The van der Waals surface area contributed by atoms with E-state index in [1.165, 1.54) is 0 Å². The lowest BCUT2D eigenvalue weighted by Gasteiger charge is -1.89. The van der Waals surface area contributed by atoms with Crippen LogP contribution >= 0.6 is 0 Å². The fraction of sp³-hybridized carbons (Fsp3) is 0.500. The summed E-state index contributed by atoms with van der Waals surface area (Å²) in [7, 11) is 0. The van der Waals surface area contributed by atoms with E-state index in [1.54, 1.807) is 13.8 Å². The molecule has 0 bridgehead atoms. The van der Waals surface area contributed by atoms with Crippen LogP contribution in [0.1, 0.15) is 13.8 Å². The van der Waals surface area contributed by atoms with Gasteiger partial charge in [0.2, 0.25) is 0 Å². The molecule has 0 heterocycles. The summed E-state index contributed by atoms with van der Waals surface area (Å²) in [5.41, 5.74) is 11.8. The molecule has 0 aliphatic carbocycles. The Morgan fingerprint density at radius 2 is 1.17 bits per heavy atom. The van der Waals surface area contributed by atoms with E-state index < -0.39 is 0 Å². The predicted octanol–water partition coefficient (Wildman–Crippen LogP) is 0.155. The lowest BCUT2D eigenvalue weighted by atomic mass is 10.4. The van der Waals surface area contributed by atoms with E-state index in [4.69, 9.17) is 11.5 Å². The van der Waals surface area contributed by atoms with Gasteiger partial charge in [-0.25, -0.2) is 0 Å². The average molecular weight is 86.1 g/mol. The molecule has 0 atom stereocenters. The SMILES string of the molecule is CC(N)=C(C)N. The lowest BCUT2D eigenvalue weighted by Crippen LogP contribution is -2.02. The minimum absolute atomic E-state index is 0.704. The van der Waals surface area contributed by atoms with Crippen LogP contribution in [0.25, 0.3) is 0 Å². The highest BCUT2D eigenvalue weighted by Gasteiger charge is 1.76. The van der Waals surface area contributed by atoms with Crippen molar-refractivity contribution in [3.05, 3.63) is 11.4 Å². The summed E-state index contributed by atoms with van der Waals surface area (Å²) in [6.45, 7) is 3.55. The number of allylic oxidation sites excluding steroid dienone is 2. The van der Waals surface area contributed by atoms with Gasteiger partial charge >= 0.3 is 0 Å². The van der Waals surface area contributed by atoms with E-state index in [2.05, 4.69) is 0 Å². The van der Waals surface area contributed by atoms with E-state index in [-0.39, 0.29) is 0 Å². The molecule has 0 aliphatic heterocycles. The van der Waals surface area contributed by atoms with Crippen molar-refractivity contribution in [2.24, 2.45) is 11.5 Å². The zero-order valence-electron chi connectivity index (χ0n) is 4.15. The topological polar surface area (TPSA) is 52.0 Å². The zero-order chi connectivity index (χ0) is 5.15. The molecule has 2 heteroatoms. The van der Waals surface area contributed by atoms with Crippen molar-refractivity contribution in [2.75, 3.05) is 0 Å². The molecule has 0 aliphatic rings. The second kappa shape index (κ2) is 1.70. The highest BCUT2D eigenvalue weighted by molar-refractivity contribution is 4.99. The second-order valence-electron chi connectivity index (χ2n) is 1.37. The second-order valence-corrected chi connectivity index (χ2v) is 1.37. The first-order chi connectivity index (χ1) is 2.64. The van der Waals surface area contributed by atoms with Crippen LogP contribution in [0.15, 0.2) is 11.4 Å². The van der Waals surface area contributed by atoms with E-state index in [1.807, 2.05) is 0 Å². The molecule has 0 saturated carbocycles. The average Bonchev–Trinajstić information content (AvgIpc) is 1.36. The summed E-state index contributed by atoms with van der Waals surface area (Å²) in [5, 5.41) is 0. The molecule has 2 nitrogen and oxygen atoms in total. The van der Waals surface area contributed by atoms with E-state index in [0.29, 0.717) is 11.4 Å². The predicted molar refractivity (Wildman–Crippen MR) is 26.7 cm³/mol. The van der Waals surface area contributed by atoms with Crippen molar-refractivity contribution in [3.8, 4) is 0 Å². The first-order valence-electron chi connectivity index (χ1n) is 1.83. The van der Waals surface area contributed by atoms with Gasteiger partial charge in [-0.3, -0.25) is 0 Å². The third kappa shape index (κ3) is 1.64. The summed E-state index contributed by atoms with van der Waals surface area (Å²) in [6.07, 6.45) is 0. The monoisotopic (exact) mass is 86.1 g/mol. The van der Waals surface area contributed by atoms with Gasteiger partial charge in [0.25, 0.3) is 0 Å². The summed E-state index contributed by atoms with van der Waals surface area (Å²) in [6, 6.07) is 0. The Hall–Kier alpha value is -0.660. The standard InChI is InChI=1S/C4H10N2/c1-3(5)4(2)6/h5-6H2,1-2H3. The smallest absolute Gasteiger partial charge is 0.0237 e. The van der Waals surface area contributed by atoms with Crippen LogP contribution in [-0.2, 0) is 0 Å². The van der Waals surface area contributed by atoms with Crippen LogP contribution in [0.2, 0.25) is 0 Å². The number of nitrogens with two attached hydrogens (primary N) is 2. The summed E-state index contributed by atoms with van der Waals surface area (Å²) < 4.78 is 0. The highest BCUT2D eigenvalue weighted by Crippen LogP contribution is 1.82. The van der Waals surface area contributed by atoms with Crippen molar-refractivity contribution in [1.29, 1.82) is 0 Å². The Bertz CT molecular complexity index is 55.6. The molecule has 0 unspecified atom stereocenters. The fourth-order valence-electron chi connectivity index (χ4n) is 0. The quantitative estimate of drug-likeness (QED) is 0.441. The van der Waals surface area contributed by atoms with Gasteiger partial charge in [0.15, 0.2) is 0 Å². The van der Waals surface area contributed by atoms with Gasteiger partial charge in [0, 0.05) is 11.4 Å². The Kier molecular flexibility index (Phi) is 1.51. The lowest BCUT2D eigenvalue weighted by molar-refractivity contribution is 1.16. The van der Waals surface area contributed by atoms with Crippen molar-refractivity contribution < 1.29 is 0 Å². The minimum atomic E-state index is 0.704. The van der Waals surface area contributed by atoms with E-state index in [9.17, 15) is 0 Å². The van der Waals surface area contributed by atoms with Gasteiger partial charge in [-0.05, 0) is 13.8 Å². The molecule has 0 rings (SSSR count). The van der Waals surface area contributed by atoms with Gasteiger partial charge in [0.05, 0.1) is 0 Å². The number of hydrogen-bond donors (Lipinski definition) is 2. The molecule has 0 aromatic heterocycles. The van der Waals surface area contributed by atoms with E-state index >= 15 is 0 Å². The Morgan fingerprint density at radius 1 is 1.00 bits per heavy atom. The molecule has 0 aromatic carbocycles. The first-order valence-corrected chi connectivity index (χ1v) is 1.83. The zero-order valence-corrected chi connectivity index (χ0v) is 4.15. The Morgan fingerprint density at radius 3 is 1.17 bits per heavy atom. The number of hydrogen-bond acceptors (Lipinski definition) is 2. The number of rotatable bonds is 0. The van der Waals surface area contributed by atoms with Crippen LogP contribution in [0.3, 0.4) is 0 Å². The van der Waals surface area contributed by atoms with Gasteiger partial charge in [-0.2, -0.15) is 0 Å². The minimum Gasteiger partial charge on any atom is -0.401 e. The largest absolute Gasteiger partial charge is 0.401 e.